The fraction of sp³-hybridized carbons (Fsp3) is 0.364. The van der Waals surface area contributed by atoms with Gasteiger partial charge in [-0.3, -0.25) is 14.9 Å². The summed E-state index contributed by atoms with van der Waals surface area (Å²) in [5, 5.41) is 2.53. The molecule has 2 aromatic rings. The number of nitrogens with zero attached hydrogens (tertiary/aromatic N) is 1. The minimum atomic E-state index is -1.08. The third-order valence-corrected chi connectivity index (χ3v) is 3.92. The number of Topliss-reactive ketones (excluding diaryl/α,β-unsaturated/α-hetero) is 2. The first-order valence-corrected chi connectivity index (χ1v) is 9.66. The molecular formula is C22H25FN2O6. The number of ether oxygens (including phenoxy) is 2. The number of benzene rings is 1. The topological polar surface area (TPSA) is 104 Å². The summed E-state index contributed by atoms with van der Waals surface area (Å²) in [5.74, 6) is -3.08. The second kappa shape index (κ2) is 10.0. The largest absolute Gasteiger partial charge is 0.460 e. The van der Waals surface area contributed by atoms with Gasteiger partial charge in [0.05, 0.1) is 24.4 Å². The number of ketones is 2. The van der Waals surface area contributed by atoms with Crippen molar-refractivity contribution in [3.8, 4) is 0 Å². The van der Waals surface area contributed by atoms with Crippen molar-refractivity contribution in [3.63, 3.8) is 0 Å². The molecule has 0 aliphatic carbocycles. The lowest BCUT2D eigenvalue weighted by Gasteiger charge is -2.19. The Bertz CT molecular complexity index is 973. The molecule has 1 N–H and O–H groups in total. The maximum absolute atomic E-state index is 13.2. The first-order chi connectivity index (χ1) is 14.5. The summed E-state index contributed by atoms with van der Waals surface area (Å²) < 4.78 is 24.5. The summed E-state index contributed by atoms with van der Waals surface area (Å²) in [6.07, 6.45) is 0.0982. The number of anilines is 1. The molecule has 1 aromatic heterocycles. The van der Waals surface area contributed by atoms with E-state index in [1.165, 1.54) is 29.0 Å². The zero-order valence-electron chi connectivity index (χ0n) is 17.9. The van der Waals surface area contributed by atoms with Gasteiger partial charge in [-0.1, -0.05) is 12.1 Å². The molecular weight excluding hydrogens is 407 g/mol. The summed E-state index contributed by atoms with van der Waals surface area (Å²) in [5.41, 5.74) is 0.328. The molecule has 8 nitrogen and oxygen atoms in total. The molecule has 0 saturated heterocycles. The van der Waals surface area contributed by atoms with E-state index in [4.69, 9.17) is 4.74 Å². The van der Waals surface area contributed by atoms with E-state index in [1.54, 1.807) is 39.8 Å². The minimum Gasteiger partial charge on any atom is -0.460 e. The first-order valence-electron chi connectivity index (χ1n) is 9.66. The van der Waals surface area contributed by atoms with Crippen LogP contribution in [0, 0.1) is 5.82 Å². The molecule has 0 aliphatic rings. The Morgan fingerprint density at radius 2 is 1.74 bits per heavy atom. The quantitative estimate of drug-likeness (QED) is 0.295. The van der Waals surface area contributed by atoms with Gasteiger partial charge in [0, 0.05) is 12.7 Å². The van der Waals surface area contributed by atoms with Crippen LogP contribution >= 0.6 is 0 Å². The van der Waals surface area contributed by atoms with Crippen LogP contribution in [0.3, 0.4) is 0 Å². The average molecular weight is 432 g/mol. The van der Waals surface area contributed by atoms with E-state index in [0.717, 1.165) is 0 Å². The van der Waals surface area contributed by atoms with Crippen molar-refractivity contribution < 1.29 is 33.0 Å². The highest BCUT2D eigenvalue weighted by atomic mass is 19.1. The van der Waals surface area contributed by atoms with Gasteiger partial charge in [0.25, 0.3) is 0 Å². The number of carbonyl (C=O) groups excluding carboxylic acids is 4. The zero-order valence-corrected chi connectivity index (χ0v) is 17.9. The average Bonchev–Trinajstić information content (AvgIpc) is 3.04. The van der Waals surface area contributed by atoms with E-state index < -0.39 is 41.5 Å². The van der Waals surface area contributed by atoms with E-state index in [-0.39, 0.29) is 24.5 Å². The van der Waals surface area contributed by atoms with Crippen LogP contribution in [0.1, 0.15) is 50.2 Å². The zero-order chi connectivity index (χ0) is 23.2. The van der Waals surface area contributed by atoms with Crippen LogP contribution in [0.5, 0.6) is 0 Å². The maximum Gasteiger partial charge on any atom is 0.412 e. The third-order valence-electron chi connectivity index (χ3n) is 3.92. The van der Waals surface area contributed by atoms with Gasteiger partial charge in [-0.2, -0.15) is 0 Å². The molecule has 0 spiro atoms. The third kappa shape index (κ3) is 7.36. The maximum atomic E-state index is 13.2. The summed E-state index contributed by atoms with van der Waals surface area (Å²) in [4.78, 5) is 48.3. The molecule has 1 amide bonds. The minimum absolute atomic E-state index is 0.0175. The van der Waals surface area contributed by atoms with Crippen molar-refractivity contribution in [2.45, 2.75) is 46.3 Å². The fourth-order valence-electron chi connectivity index (χ4n) is 2.67. The number of hydrogen-bond acceptors (Lipinski definition) is 6. The molecule has 1 aromatic carbocycles. The lowest BCUT2D eigenvalue weighted by molar-refractivity contribution is -0.153. The molecule has 0 unspecified atom stereocenters. The van der Waals surface area contributed by atoms with E-state index >= 15 is 0 Å². The molecule has 31 heavy (non-hydrogen) atoms. The fourth-order valence-corrected chi connectivity index (χ4v) is 2.67. The molecule has 9 heteroatoms. The van der Waals surface area contributed by atoms with Gasteiger partial charge in [0.1, 0.15) is 11.4 Å². The van der Waals surface area contributed by atoms with Crippen LogP contribution in [0.15, 0.2) is 36.5 Å². The van der Waals surface area contributed by atoms with E-state index in [0.29, 0.717) is 5.56 Å². The second-order valence-corrected chi connectivity index (χ2v) is 7.74. The lowest BCUT2D eigenvalue weighted by Crippen LogP contribution is -2.27. The highest BCUT2D eigenvalue weighted by Gasteiger charge is 2.24. The summed E-state index contributed by atoms with van der Waals surface area (Å²) in [6.45, 7) is 6.87. The highest BCUT2D eigenvalue weighted by Crippen LogP contribution is 2.20. The Balaban J connectivity index is 2.27. The number of halogens is 1. The highest BCUT2D eigenvalue weighted by molar-refractivity contribution is 6.38. The normalized spacial score (nSPS) is 11.0. The van der Waals surface area contributed by atoms with Crippen LogP contribution in [0.4, 0.5) is 14.9 Å². The molecule has 0 radical (unpaired) electrons. The second-order valence-electron chi connectivity index (χ2n) is 7.74. The smallest absolute Gasteiger partial charge is 0.412 e. The molecule has 2 rings (SSSR count). The number of esters is 1. The molecule has 0 saturated carbocycles. The predicted octanol–water partition coefficient (Wildman–Crippen LogP) is 3.73. The van der Waals surface area contributed by atoms with E-state index in [2.05, 4.69) is 10.1 Å². The van der Waals surface area contributed by atoms with Crippen LogP contribution in [-0.4, -0.2) is 40.4 Å². The van der Waals surface area contributed by atoms with Gasteiger partial charge in [-0.05, 0) is 51.5 Å². The van der Waals surface area contributed by atoms with Crippen molar-refractivity contribution in [1.29, 1.82) is 0 Å². The Morgan fingerprint density at radius 3 is 2.32 bits per heavy atom. The van der Waals surface area contributed by atoms with Crippen molar-refractivity contribution in [2.75, 3.05) is 11.9 Å². The van der Waals surface area contributed by atoms with Crippen molar-refractivity contribution in [3.05, 3.63) is 53.6 Å². The molecule has 1 heterocycles. The Kier molecular flexibility index (Phi) is 7.68. The standard InChI is InChI=1S/C22H25FN2O6/c1-5-30-20(28)19(27)11-18(26)17-10-16(24-21(29)31-22(2,3)4)13-25(17)12-14-6-8-15(23)9-7-14/h6-10,13H,5,11-12H2,1-4H3,(H,24,29). The van der Waals surface area contributed by atoms with Crippen LogP contribution < -0.4 is 5.32 Å². The molecule has 0 fully saturated rings. The van der Waals surface area contributed by atoms with Gasteiger partial charge in [0.2, 0.25) is 5.78 Å². The van der Waals surface area contributed by atoms with E-state index in [9.17, 15) is 23.6 Å². The van der Waals surface area contributed by atoms with Crippen molar-refractivity contribution in [2.24, 2.45) is 0 Å². The molecule has 0 atom stereocenters. The summed E-state index contributed by atoms with van der Waals surface area (Å²) >= 11 is 0. The van der Waals surface area contributed by atoms with Crippen LogP contribution in [0.2, 0.25) is 0 Å². The Labute approximate surface area is 179 Å². The Morgan fingerprint density at radius 1 is 1.10 bits per heavy atom. The van der Waals surface area contributed by atoms with Crippen LogP contribution in [0.25, 0.3) is 0 Å². The Hall–Kier alpha value is -3.49. The van der Waals surface area contributed by atoms with Crippen molar-refractivity contribution >= 4 is 29.3 Å². The summed E-state index contributed by atoms with van der Waals surface area (Å²) in [7, 11) is 0. The number of hydrogen-bond donors (Lipinski definition) is 1. The number of nitrogens with one attached hydrogen (secondary N) is 1. The predicted molar refractivity (Wildman–Crippen MR) is 110 cm³/mol. The number of amides is 1. The number of carbonyl (C=O) groups is 4. The first kappa shape index (κ1) is 23.8. The molecule has 166 valence electrons. The van der Waals surface area contributed by atoms with Gasteiger partial charge < -0.3 is 14.0 Å². The SMILES string of the molecule is CCOC(=O)C(=O)CC(=O)c1cc(NC(=O)OC(C)(C)C)cn1Cc1ccc(F)cc1. The van der Waals surface area contributed by atoms with Gasteiger partial charge in [-0.25, -0.2) is 14.0 Å². The van der Waals surface area contributed by atoms with Gasteiger partial charge in [0.15, 0.2) is 5.78 Å². The molecule has 0 aliphatic heterocycles. The number of aromatic nitrogens is 1. The lowest BCUT2D eigenvalue weighted by atomic mass is 10.1. The molecule has 0 bridgehead atoms. The van der Waals surface area contributed by atoms with E-state index in [1.807, 2.05) is 0 Å². The summed E-state index contributed by atoms with van der Waals surface area (Å²) in [6, 6.07) is 7.05. The van der Waals surface area contributed by atoms with Gasteiger partial charge in [-0.15, -0.1) is 0 Å². The monoisotopic (exact) mass is 432 g/mol. The number of rotatable bonds is 8. The van der Waals surface area contributed by atoms with Crippen molar-refractivity contribution in [1.82, 2.24) is 4.57 Å². The van der Waals surface area contributed by atoms with Crippen LogP contribution in [-0.2, 0) is 25.6 Å². The van der Waals surface area contributed by atoms with Gasteiger partial charge >= 0.3 is 12.1 Å².